The highest BCUT2D eigenvalue weighted by Gasteiger charge is 2.33. The molecule has 1 fully saturated rings. The minimum Gasteiger partial charge on any atom is -0.494 e. The summed E-state index contributed by atoms with van der Waals surface area (Å²) in [6.45, 7) is 4.36. The van der Waals surface area contributed by atoms with Crippen molar-refractivity contribution in [1.29, 1.82) is 0 Å². The van der Waals surface area contributed by atoms with Gasteiger partial charge in [-0.1, -0.05) is 36.1 Å². The number of ether oxygens (including phenoxy) is 2. The highest BCUT2D eigenvalue weighted by Crippen LogP contribution is 2.32. The molecule has 0 aromatic heterocycles. The van der Waals surface area contributed by atoms with Crippen LogP contribution in [0.5, 0.6) is 5.75 Å². The average Bonchev–Trinajstić information content (AvgIpc) is 2.77. The van der Waals surface area contributed by atoms with Gasteiger partial charge < -0.3 is 9.47 Å². The smallest absolute Gasteiger partial charge is 0.326 e. The summed E-state index contributed by atoms with van der Waals surface area (Å²) in [5, 5.41) is 0. The molecule has 0 N–H and O–H groups in total. The van der Waals surface area contributed by atoms with Gasteiger partial charge in [0.25, 0.3) is 5.91 Å². The van der Waals surface area contributed by atoms with Gasteiger partial charge in [0.15, 0.2) is 0 Å². The summed E-state index contributed by atoms with van der Waals surface area (Å²) in [6.07, 6.45) is 1.75. The molecule has 0 radical (unpaired) electrons. The topological polar surface area (TPSA) is 55.8 Å². The van der Waals surface area contributed by atoms with Gasteiger partial charge in [-0.2, -0.15) is 0 Å². The van der Waals surface area contributed by atoms with E-state index in [2.05, 4.69) is 0 Å². The largest absolute Gasteiger partial charge is 0.494 e. The third kappa shape index (κ3) is 4.56. The minimum absolute atomic E-state index is 0.154. The van der Waals surface area contributed by atoms with Gasteiger partial charge in [0.2, 0.25) is 0 Å². The number of carbonyl (C=O) groups is 2. The molecule has 5 nitrogen and oxygen atoms in total. The number of nitrogens with zero attached hydrogens (tertiary/aromatic N) is 1. The summed E-state index contributed by atoms with van der Waals surface area (Å²) in [4.78, 5) is 25.6. The van der Waals surface area contributed by atoms with Crippen LogP contribution < -0.4 is 4.74 Å². The van der Waals surface area contributed by atoms with Crippen molar-refractivity contribution in [3.05, 3.63) is 34.7 Å². The van der Waals surface area contributed by atoms with Crippen LogP contribution in [0.1, 0.15) is 19.4 Å². The van der Waals surface area contributed by atoms with Gasteiger partial charge in [0.1, 0.15) is 16.6 Å². The van der Waals surface area contributed by atoms with Crippen molar-refractivity contribution in [2.24, 2.45) is 0 Å². The molecule has 1 aromatic rings. The van der Waals surface area contributed by atoms with Crippen molar-refractivity contribution >= 4 is 46.3 Å². The maximum absolute atomic E-state index is 12.3. The molecule has 0 bridgehead atoms. The van der Waals surface area contributed by atoms with Crippen molar-refractivity contribution in [3.63, 3.8) is 0 Å². The van der Waals surface area contributed by atoms with E-state index in [0.717, 1.165) is 11.3 Å². The zero-order valence-electron chi connectivity index (χ0n) is 12.9. The van der Waals surface area contributed by atoms with Gasteiger partial charge in [-0.15, -0.1) is 0 Å². The number of hydrogen-bond acceptors (Lipinski definition) is 6. The van der Waals surface area contributed by atoms with Gasteiger partial charge in [0, 0.05) is 0 Å². The second-order valence-corrected chi connectivity index (χ2v) is 6.25. The monoisotopic (exact) mass is 351 g/mol. The van der Waals surface area contributed by atoms with Crippen LogP contribution in [0, 0.1) is 0 Å². The van der Waals surface area contributed by atoms with E-state index < -0.39 is 5.97 Å². The van der Waals surface area contributed by atoms with Crippen molar-refractivity contribution in [1.82, 2.24) is 4.90 Å². The molecule has 1 amide bonds. The van der Waals surface area contributed by atoms with Crippen LogP contribution in [0.2, 0.25) is 0 Å². The Morgan fingerprint density at radius 3 is 2.57 bits per heavy atom. The van der Waals surface area contributed by atoms with Gasteiger partial charge >= 0.3 is 5.97 Å². The molecule has 1 saturated heterocycles. The molecule has 0 saturated carbocycles. The molecule has 23 heavy (non-hydrogen) atoms. The first-order chi connectivity index (χ1) is 11.0. The molecule has 122 valence electrons. The lowest BCUT2D eigenvalue weighted by Crippen LogP contribution is -2.34. The van der Waals surface area contributed by atoms with E-state index in [1.165, 1.54) is 16.7 Å². The summed E-state index contributed by atoms with van der Waals surface area (Å²) in [6, 6.07) is 7.41. The lowest BCUT2D eigenvalue weighted by atomic mass is 10.2. The highest BCUT2D eigenvalue weighted by molar-refractivity contribution is 8.26. The predicted octanol–water partition coefficient (Wildman–Crippen LogP) is 2.85. The number of benzene rings is 1. The number of carbonyl (C=O) groups excluding carboxylic acids is 2. The number of amides is 1. The molecular formula is C16H17NO4S2. The molecule has 1 heterocycles. The van der Waals surface area contributed by atoms with Crippen LogP contribution in [0.15, 0.2) is 29.2 Å². The van der Waals surface area contributed by atoms with Crippen molar-refractivity contribution in [2.45, 2.75) is 13.8 Å². The Morgan fingerprint density at radius 2 is 1.96 bits per heavy atom. The Morgan fingerprint density at radius 1 is 1.26 bits per heavy atom. The Kier molecular flexibility index (Phi) is 6.18. The van der Waals surface area contributed by atoms with Gasteiger partial charge in [-0.25, -0.2) is 0 Å². The summed E-state index contributed by atoms with van der Waals surface area (Å²) < 4.78 is 10.6. The number of thioether (sulfide) groups is 1. The fourth-order valence-corrected chi connectivity index (χ4v) is 3.21. The van der Waals surface area contributed by atoms with Crippen LogP contribution in [-0.4, -0.2) is 40.9 Å². The fourth-order valence-electron chi connectivity index (χ4n) is 1.95. The van der Waals surface area contributed by atoms with Gasteiger partial charge in [-0.05, 0) is 37.6 Å². The van der Waals surface area contributed by atoms with Crippen LogP contribution in [0.4, 0.5) is 0 Å². The molecule has 0 atom stereocenters. The molecular weight excluding hydrogens is 334 g/mol. The first-order valence-corrected chi connectivity index (χ1v) is 8.41. The zero-order chi connectivity index (χ0) is 16.8. The number of thiocarbonyl (C=S) groups is 1. The molecule has 0 aliphatic carbocycles. The highest BCUT2D eigenvalue weighted by atomic mass is 32.2. The fraction of sp³-hybridized carbons (Fsp3) is 0.312. The summed E-state index contributed by atoms with van der Waals surface area (Å²) in [7, 11) is 0. The van der Waals surface area contributed by atoms with Crippen LogP contribution >= 0.6 is 24.0 Å². The van der Waals surface area contributed by atoms with Crippen molar-refractivity contribution in [2.75, 3.05) is 19.8 Å². The molecule has 2 rings (SSSR count). The Balaban J connectivity index is 2.10. The quantitative estimate of drug-likeness (QED) is 0.446. The standard InChI is InChI=1S/C16H17NO4S2/c1-3-20-12-7-5-11(6-8-12)9-13-15(19)17(16(22)23-13)10-14(18)21-4-2/h5-9H,3-4,10H2,1-2H3/b13-9-. The Hall–Kier alpha value is -1.86. The molecule has 1 aliphatic heterocycles. The molecule has 1 aliphatic rings. The van der Waals surface area contributed by atoms with Crippen LogP contribution in [-0.2, 0) is 14.3 Å². The zero-order valence-corrected chi connectivity index (χ0v) is 14.5. The summed E-state index contributed by atoms with van der Waals surface area (Å²) in [5.41, 5.74) is 0.866. The number of hydrogen-bond donors (Lipinski definition) is 0. The van der Waals surface area contributed by atoms with E-state index in [9.17, 15) is 9.59 Å². The second-order valence-electron chi connectivity index (χ2n) is 4.57. The van der Waals surface area contributed by atoms with Crippen LogP contribution in [0.25, 0.3) is 6.08 Å². The van der Waals surface area contributed by atoms with E-state index in [4.69, 9.17) is 21.7 Å². The Bertz CT molecular complexity index is 640. The maximum Gasteiger partial charge on any atom is 0.326 e. The Labute approximate surface area is 144 Å². The molecule has 7 heteroatoms. The molecule has 1 aromatic carbocycles. The third-order valence-electron chi connectivity index (χ3n) is 2.95. The number of rotatable bonds is 6. The SMILES string of the molecule is CCOC(=O)CN1C(=O)/C(=C/c2ccc(OCC)cc2)SC1=S. The average molecular weight is 351 g/mol. The second kappa shape index (κ2) is 8.12. The molecule has 0 unspecified atom stereocenters. The minimum atomic E-state index is -0.467. The van der Waals surface area contributed by atoms with E-state index in [-0.39, 0.29) is 19.1 Å². The summed E-state index contributed by atoms with van der Waals surface area (Å²) >= 11 is 6.35. The first kappa shape index (κ1) is 17.5. The summed E-state index contributed by atoms with van der Waals surface area (Å²) in [5.74, 6) is 0.0348. The first-order valence-electron chi connectivity index (χ1n) is 7.19. The lowest BCUT2D eigenvalue weighted by Gasteiger charge is -2.12. The lowest BCUT2D eigenvalue weighted by molar-refractivity contribution is -0.145. The van der Waals surface area contributed by atoms with Gasteiger partial charge in [-0.3, -0.25) is 14.5 Å². The van der Waals surface area contributed by atoms with E-state index in [1.54, 1.807) is 13.0 Å². The predicted molar refractivity (Wildman–Crippen MR) is 94.1 cm³/mol. The van der Waals surface area contributed by atoms with E-state index in [0.29, 0.717) is 15.8 Å². The third-order valence-corrected chi connectivity index (χ3v) is 4.33. The number of esters is 1. The van der Waals surface area contributed by atoms with Crippen LogP contribution in [0.3, 0.4) is 0 Å². The van der Waals surface area contributed by atoms with Crippen molar-refractivity contribution < 1.29 is 19.1 Å². The maximum atomic E-state index is 12.3. The molecule has 0 spiro atoms. The van der Waals surface area contributed by atoms with E-state index >= 15 is 0 Å². The van der Waals surface area contributed by atoms with Gasteiger partial charge in [0.05, 0.1) is 18.1 Å². The van der Waals surface area contributed by atoms with Crippen molar-refractivity contribution in [3.8, 4) is 5.75 Å². The van der Waals surface area contributed by atoms with E-state index in [1.807, 2.05) is 31.2 Å². The normalized spacial score (nSPS) is 16.1.